The van der Waals surface area contributed by atoms with Crippen LogP contribution in [0.2, 0.25) is 0 Å². The summed E-state index contributed by atoms with van der Waals surface area (Å²) >= 11 is 6.94. The average molecular weight is 269 g/mol. The predicted molar refractivity (Wildman–Crippen MR) is 70.6 cm³/mol. The molecule has 1 unspecified atom stereocenters. The number of aromatic amines is 1. The van der Waals surface area contributed by atoms with Crippen LogP contribution in [0, 0.1) is 10.7 Å². The van der Waals surface area contributed by atoms with Crippen molar-refractivity contribution >= 4 is 23.6 Å². The first-order valence-electron chi connectivity index (χ1n) is 5.45. The van der Waals surface area contributed by atoms with Crippen molar-refractivity contribution < 1.29 is 5.11 Å². The number of hydrogen-bond donors (Lipinski definition) is 2. The van der Waals surface area contributed by atoms with Crippen molar-refractivity contribution in [1.29, 1.82) is 0 Å². The molecule has 2 aromatic heterocycles. The van der Waals surface area contributed by atoms with Gasteiger partial charge in [0.1, 0.15) is 6.61 Å². The van der Waals surface area contributed by atoms with Gasteiger partial charge in [0.25, 0.3) is 0 Å². The summed E-state index contributed by atoms with van der Waals surface area (Å²) in [7, 11) is 0. The van der Waals surface area contributed by atoms with Crippen LogP contribution in [-0.4, -0.2) is 19.9 Å². The molecule has 0 aliphatic heterocycles. The number of hydrogen-bond acceptors (Lipinski definition) is 4. The number of aliphatic hydroxyl groups excluding tert-OH is 1. The molecule has 0 amide bonds. The highest BCUT2D eigenvalue weighted by molar-refractivity contribution is 7.71. The van der Waals surface area contributed by atoms with E-state index < -0.39 is 0 Å². The first-order valence-corrected chi connectivity index (χ1v) is 6.74. The molecule has 0 fully saturated rings. The molecule has 0 radical (unpaired) electrons. The van der Waals surface area contributed by atoms with Crippen LogP contribution in [0.5, 0.6) is 0 Å². The zero-order chi connectivity index (χ0) is 12.4. The Morgan fingerprint density at radius 3 is 2.88 bits per heavy atom. The van der Waals surface area contributed by atoms with E-state index in [-0.39, 0.29) is 12.6 Å². The molecular weight excluding hydrogens is 254 g/mol. The average Bonchev–Trinajstić information content (AvgIpc) is 2.90. The topological polar surface area (TPSA) is 53.8 Å². The molecule has 6 heteroatoms. The summed E-state index contributed by atoms with van der Waals surface area (Å²) in [6, 6.07) is 4.24. The molecule has 2 heterocycles. The minimum Gasteiger partial charge on any atom is -0.388 e. The van der Waals surface area contributed by atoms with Crippen molar-refractivity contribution in [3.63, 3.8) is 0 Å². The Morgan fingerprint density at radius 2 is 2.35 bits per heavy atom. The molecule has 0 spiro atoms. The molecule has 1 atom stereocenters. The molecule has 2 N–H and O–H groups in total. The largest absolute Gasteiger partial charge is 0.388 e. The number of aromatic nitrogens is 3. The van der Waals surface area contributed by atoms with E-state index in [4.69, 9.17) is 12.2 Å². The highest BCUT2D eigenvalue weighted by Crippen LogP contribution is 2.30. The lowest BCUT2D eigenvalue weighted by atomic mass is 10.0. The van der Waals surface area contributed by atoms with E-state index in [1.54, 1.807) is 11.3 Å². The Bertz CT molecular complexity index is 527. The highest BCUT2D eigenvalue weighted by atomic mass is 32.1. The quantitative estimate of drug-likeness (QED) is 0.839. The third-order valence-electron chi connectivity index (χ3n) is 2.66. The standard InChI is InChI=1S/C11H15N3OS2/c1-7(2)10(8-4-3-5-17-8)14-9(6-15)12-13-11(14)16/h3-5,7,10,15H,6H2,1-2H3,(H,13,16). The Hall–Kier alpha value is -0.980. The zero-order valence-corrected chi connectivity index (χ0v) is 11.4. The Labute approximate surface area is 109 Å². The Morgan fingerprint density at radius 1 is 1.59 bits per heavy atom. The van der Waals surface area contributed by atoms with Crippen molar-refractivity contribution in [1.82, 2.24) is 14.8 Å². The van der Waals surface area contributed by atoms with Gasteiger partial charge in [0.2, 0.25) is 0 Å². The van der Waals surface area contributed by atoms with E-state index >= 15 is 0 Å². The third kappa shape index (κ3) is 2.34. The molecule has 0 aliphatic rings. The lowest BCUT2D eigenvalue weighted by molar-refractivity contribution is 0.257. The van der Waals surface area contributed by atoms with Crippen LogP contribution in [0.25, 0.3) is 0 Å². The first kappa shape index (κ1) is 12.5. The molecule has 92 valence electrons. The normalized spacial score (nSPS) is 13.2. The van der Waals surface area contributed by atoms with Crippen molar-refractivity contribution in [2.75, 3.05) is 0 Å². The van der Waals surface area contributed by atoms with Gasteiger partial charge in [-0.3, -0.25) is 9.67 Å². The number of nitrogens with one attached hydrogen (secondary N) is 1. The Kier molecular flexibility index (Phi) is 3.76. The second-order valence-electron chi connectivity index (χ2n) is 4.18. The fraction of sp³-hybridized carbons (Fsp3) is 0.455. The van der Waals surface area contributed by atoms with Crippen LogP contribution in [0.15, 0.2) is 17.5 Å². The molecule has 0 bridgehead atoms. The summed E-state index contributed by atoms with van der Waals surface area (Å²) in [4.78, 5) is 1.23. The zero-order valence-electron chi connectivity index (χ0n) is 9.75. The maximum atomic E-state index is 9.31. The second kappa shape index (κ2) is 5.12. The summed E-state index contributed by atoms with van der Waals surface area (Å²) in [5.74, 6) is 0.963. The SMILES string of the molecule is CC(C)C(c1cccs1)n1c(CO)n[nH]c1=S. The Balaban J connectivity index is 2.54. The maximum Gasteiger partial charge on any atom is 0.195 e. The van der Waals surface area contributed by atoms with Gasteiger partial charge < -0.3 is 5.11 Å². The van der Waals surface area contributed by atoms with Gasteiger partial charge >= 0.3 is 0 Å². The number of H-pyrrole nitrogens is 1. The molecular formula is C11H15N3OS2. The summed E-state index contributed by atoms with van der Waals surface area (Å²) in [6.07, 6.45) is 0. The van der Waals surface area contributed by atoms with Crippen LogP contribution in [0.3, 0.4) is 0 Å². The molecule has 4 nitrogen and oxygen atoms in total. The monoisotopic (exact) mass is 269 g/mol. The molecule has 2 rings (SSSR count). The van der Waals surface area contributed by atoms with Crippen LogP contribution in [0.4, 0.5) is 0 Å². The molecule has 2 aromatic rings. The fourth-order valence-corrected chi connectivity index (χ4v) is 3.20. The number of thiophene rings is 1. The van der Waals surface area contributed by atoms with Crippen molar-refractivity contribution in [2.24, 2.45) is 5.92 Å². The summed E-state index contributed by atoms with van der Waals surface area (Å²) < 4.78 is 2.47. The van der Waals surface area contributed by atoms with Crippen molar-refractivity contribution in [3.8, 4) is 0 Å². The van der Waals surface area contributed by atoms with Crippen molar-refractivity contribution in [3.05, 3.63) is 33.0 Å². The fourth-order valence-electron chi connectivity index (χ4n) is 1.95. The molecule has 0 aromatic carbocycles. The van der Waals surface area contributed by atoms with Gasteiger partial charge in [-0.25, -0.2) is 0 Å². The second-order valence-corrected chi connectivity index (χ2v) is 5.54. The minimum atomic E-state index is -0.109. The predicted octanol–water partition coefficient (Wildman–Crippen LogP) is 2.74. The van der Waals surface area contributed by atoms with E-state index in [9.17, 15) is 5.11 Å². The number of nitrogens with zero attached hydrogens (tertiary/aromatic N) is 2. The van der Waals surface area contributed by atoms with Gasteiger partial charge in [0, 0.05) is 4.88 Å². The smallest absolute Gasteiger partial charge is 0.195 e. The molecule has 0 aliphatic carbocycles. The lowest BCUT2D eigenvalue weighted by Gasteiger charge is -2.22. The van der Waals surface area contributed by atoms with E-state index in [1.165, 1.54) is 4.88 Å². The van der Waals surface area contributed by atoms with Crippen molar-refractivity contribution in [2.45, 2.75) is 26.5 Å². The van der Waals surface area contributed by atoms with E-state index in [2.05, 4.69) is 30.1 Å². The number of rotatable bonds is 4. The minimum absolute atomic E-state index is 0.109. The summed E-state index contributed by atoms with van der Waals surface area (Å²) in [5, 5.41) is 18.2. The van der Waals surface area contributed by atoms with Crippen LogP contribution in [0.1, 0.15) is 30.6 Å². The number of aliphatic hydroxyl groups is 1. The summed E-state index contributed by atoms with van der Waals surface area (Å²) in [6.45, 7) is 4.17. The van der Waals surface area contributed by atoms with Gasteiger partial charge in [-0.2, -0.15) is 5.10 Å². The van der Waals surface area contributed by atoms with Crippen LogP contribution < -0.4 is 0 Å². The highest BCUT2D eigenvalue weighted by Gasteiger charge is 2.22. The third-order valence-corrected chi connectivity index (χ3v) is 3.89. The molecule has 0 saturated heterocycles. The molecule has 17 heavy (non-hydrogen) atoms. The van der Waals surface area contributed by atoms with E-state index in [0.717, 1.165) is 0 Å². The van der Waals surface area contributed by atoms with Gasteiger partial charge in [-0.05, 0) is 29.6 Å². The van der Waals surface area contributed by atoms with E-state index in [0.29, 0.717) is 16.5 Å². The summed E-state index contributed by atoms with van der Waals surface area (Å²) in [5.41, 5.74) is 0. The van der Waals surface area contributed by atoms with Gasteiger partial charge in [-0.15, -0.1) is 11.3 Å². The van der Waals surface area contributed by atoms with Gasteiger partial charge in [-0.1, -0.05) is 19.9 Å². The van der Waals surface area contributed by atoms with E-state index in [1.807, 2.05) is 16.0 Å². The lowest BCUT2D eigenvalue weighted by Crippen LogP contribution is -2.18. The van der Waals surface area contributed by atoms with Gasteiger partial charge in [0.05, 0.1) is 6.04 Å². The first-order chi connectivity index (χ1) is 8.15. The van der Waals surface area contributed by atoms with Crippen LogP contribution >= 0.6 is 23.6 Å². The van der Waals surface area contributed by atoms with Crippen LogP contribution in [-0.2, 0) is 6.61 Å². The molecule has 0 saturated carbocycles. The van der Waals surface area contributed by atoms with Gasteiger partial charge in [0.15, 0.2) is 10.6 Å². The maximum absolute atomic E-state index is 9.31.